The number of hydrogen-bond acceptors (Lipinski definition) is 4. The van der Waals surface area contributed by atoms with E-state index in [4.69, 9.17) is 9.47 Å². The molecule has 0 spiro atoms. The molecule has 0 unspecified atom stereocenters. The van der Waals surface area contributed by atoms with Gasteiger partial charge in [-0.15, -0.1) is 0 Å². The fourth-order valence-corrected chi connectivity index (χ4v) is 2.39. The molecule has 1 saturated heterocycles. The Bertz CT molecular complexity index is 289. The molecule has 1 fully saturated rings. The molecule has 0 radical (unpaired) electrons. The summed E-state index contributed by atoms with van der Waals surface area (Å²) in [6.07, 6.45) is 2.09. The van der Waals surface area contributed by atoms with E-state index < -0.39 is 0 Å². The van der Waals surface area contributed by atoms with Gasteiger partial charge in [-0.3, -0.25) is 4.99 Å². The monoisotopic (exact) mass is 286 g/mol. The van der Waals surface area contributed by atoms with E-state index >= 15 is 0 Å². The van der Waals surface area contributed by atoms with Crippen LogP contribution in [0.2, 0.25) is 0 Å². The lowest BCUT2D eigenvalue weighted by Crippen LogP contribution is -2.57. The minimum atomic E-state index is 0.149. The molecule has 1 aliphatic heterocycles. The Morgan fingerprint density at radius 1 is 1.30 bits per heavy atom. The van der Waals surface area contributed by atoms with Crippen molar-refractivity contribution in [3.8, 4) is 0 Å². The van der Waals surface area contributed by atoms with Gasteiger partial charge in [0.1, 0.15) is 0 Å². The average Bonchev–Trinajstić information content (AvgIpc) is 2.47. The Labute approximate surface area is 122 Å². The van der Waals surface area contributed by atoms with Crippen LogP contribution >= 0.6 is 0 Å². The van der Waals surface area contributed by atoms with Crippen LogP contribution in [0.5, 0.6) is 0 Å². The zero-order valence-electron chi connectivity index (χ0n) is 13.4. The molecule has 0 aromatic carbocycles. The molecule has 6 heteroatoms. The largest absolute Gasteiger partial charge is 0.381 e. The van der Waals surface area contributed by atoms with E-state index in [-0.39, 0.29) is 5.54 Å². The SMILES string of the molecule is CCOCCNC(=NC)NCC1(N(C)C)CCOCC1. The summed E-state index contributed by atoms with van der Waals surface area (Å²) in [4.78, 5) is 6.55. The van der Waals surface area contributed by atoms with Crippen molar-refractivity contribution in [1.82, 2.24) is 15.5 Å². The first-order chi connectivity index (χ1) is 9.64. The molecule has 0 aromatic rings. The standard InChI is InChI=1S/C14H30N4O2/c1-5-19-11-8-16-13(15-2)17-12-14(18(3)4)6-9-20-10-7-14/h5-12H2,1-4H3,(H2,15,16,17). The first-order valence-electron chi connectivity index (χ1n) is 7.42. The van der Waals surface area contributed by atoms with Crippen LogP contribution < -0.4 is 10.6 Å². The molecule has 118 valence electrons. The predicted molar refractivity (Wildman–Crippen MR) is 82.3 cm³/mol. The van der Waals surface area contributed by atoms with Crippen LogP contribution in [0, 0.1) is 0 Å². The van der Waals surface area contributed by atoms with E-state index in [9.17, 15) is 0 Å². The molecular weight excluding hydrogens is 256 g/mol. The average molecular weight is 286 g/mol. The molecular formula is C14H30N4O2. The minimum absolute atomic E-state index is 0.149. The number of ether oxygens (including phenoxy) is 2. The third-order valence-corrected chi connectivity index (χ3v) is 3.92. The summed E-state index contributed by atoms with van der Waals surface area (Å²) >= 11 is 0. The van der Waals surface area contributed by atoms with Crippen molar-refractivity contribution in [2.24, 2.45) is 4.99 Å². The van der Waals surface area contributed by atoms with E-state index in [0.29, 0.717) is 6.61 Å². The molecule has 0 atom stereocenters. The minimum Gasteiger partial charge on any atom is -0.381 e. The number of rotatable bonds is 7. The molecule has 1 aliphatic rings. The van der Waals surface area contributed by atoms with Crippen LogP contribution in [0.3, 0.4) is 0 Å². The lowest BCUT2D eigenvalue weighted by molar-refractivity contribution is -0.00501. The molecule has 20 heavy (non-hydrogen) atoms. The fourth-order valence-electron chi connectivity index (χ4n) is 2.39. The zero-order valence-corrected chi connectivity index (χ0v) is 13.4. The summed E-state index contributed by atoms with van der Waals surface area (Å²) in [5, 5.41) is 6.69. The maximum atomic E-state index is 5.48. The van der Waals surface area contributed by atoms with Gasteiger partial charge in [-0.05, 0) is 33.9 Å². The van der Waals surface area contributed by atoms with Gasteiger partial charge < -0.3 is 25.0 Å². The van der Waals surface area contributed by atoms with Crippen molar-refractivity contribution in [2.75, 3.05) is 60.7 Å². The lowest BCUT2D eigenvalue weighted by Gasteiger charge is -2.43. The second-order valence-electron chi connectivity index (χ2n) is 5.28. The lowest BCUT2D eigenvalue weighted by atomic mass is 9.88. The highest BCUT2D eigenvalue weighted by atomic mass is 16.5. The zero-order chi connectivity index (χ0) is 14.8. The molecule has 0 aliphatic carbocycles. The van der Waals surface area contributed by atoms with Crippen LogP contribution in [-0.2, 0) is 9.47 Å². The maximum absolute atomic E-state index is 5.48. The summed E-state index contributed by atoms with van der Waals surface area (Å²) in [6, 6.07) is 0. The van der Waals surface area contributed by atoms with Crippen LogP contribution in [0.25, 0.3) is 0 Å². The third kappa shape index (κ3) is 5.26. The van der Waals surface area contributed by atoms with Crippen LogP contribution in [0.15, 0.2) is 4.99 Å². The smallest absolute Gasteiger partial charge is 0.191 e. The Morgan fingerprint density at radius 3 is 2.55 bits per heavy atom. The van der Waals surface area contributed by atoms with Gasteiger partial charge in [0.05, 0.1) is 6.61 Å². The molecule has 0 saturated carbocycles. The van der Waals surface area contributed by atoms with Gasteiger partial charge in [-0.1, -0.05) is 0 Å². The van der Waals surface area contributed by atoms with Crippen molar-refractivity contribution in [3.63, 3.8) is 0 Å². The van der Waals surface area contributed by atoms with Gasteiger partial charge >= 0.3 is 0 Å². The van der Waals surface area contributed by atoms with Gasteiger partial charge in [0.2, 0.25) is 0 Å². The number of nitrogens with one attached hydrogen (secondary N) is 2. The normalized spacial score (nSPS) is 19.1. The predicted octanol–water partition coefficient (Wildman–Crippen LogP) is 0.299. The highest BCUT2D eigenvalue weighted by Crippen LogP contribution is 2.24. The number of likely N-dealkylation sites (N-methyl/N-ethyl adjacent to an activating group) is 1. The van der Waals surface area contributed by atoms with Crippen LogP contribution in [0.1, 0.15) is 19.8 Å². The van der Waals surface area contributed by atoms with Gasteiger partial charge in [-0.25, -0.2) is 0 Å². The van der Waals surface area contributed by atoms with Crippen LogP contribution in [-0.4, -0.2) is 77.1 Å². The summed E-state index contributed by atoms with van der Waals surface area (Å²) in [5.74, 6) is 0.831. The molecule has 1 heterocycles. The summed E-state index contributed by atoms with van der Waals surface area (Å²) in [6.45, 7) is 6.75. The second-order valence-corrected chi connectivity index (χ2v) is 5.28. The Morgan fingerprint density at radius 2 is 2.00 bits per heavy atom. The van der Waals surface area contributed by atoms with E-state index in [2.05, 4.69) is 34.6 Å². The second kappa shape index (κ2) is 9.15. The maximum Gasteiger partial charge on any atom is 0.191 e. The van der Waals surface area contributed by atoms with Gasteiger partial charge in [-0.2, -0.15) is 0 Å². The highest BCUT2D eigenvalue weighted by Gasteiger charge is 2.34. The van der Waals surface area contributed by atoms with Crippen molar-refractivity contribution >= 4 is 5.96 Å². The summed E-state index contributed by atoms with van der Waals surface area (Å²) in [5.41, 5.74) is 0.149. The van der Waals surface area contributed by atoms with E-state index in [0.717, 1.165) is 51.7 Å². The van der Waals surface area contributed by atoms with Gasteiger partial charge in [0.15, 0.2) is 5.96 Å². The molecule has 2 N–H and O–H groups in total. The number of guanidine groups is 1. The number of nitrogens with zero attached hydrogens (tertiary/aromatic N) is 2. The topological polar surface area (TPSA) is 58.1 Å². The van der Waals surface area contributed by atoms with Gasteiger partial charge in [0.25, 0.3) is 0 Å². The molecule has 0 amide bonds. The first-order valence-corrected chi connectivity index (χ1v) is 7.42. The van der Waals surface area contributed by atoms with Crippen molar-refractivity contribution in [1.29, 1.82) is 0 Å². The third-order valence-electron chi connectivity index (χ3n) is 3.92. The molecule has 6 nitrogen and oxygen atoms in total. The molecule has 0 aromatic heterocycles. The van der Waals surface area contributed by atoms with E-state index in [1.807, 2.05) is 6.92 Å². The first kappa shape index (κ1) is 17.2. The van der Waals surface area contributed by atoms with Crippen molar-refractivity contribution in [2.45, 2.75) is 25.3 Å². The van der Waals surface area contributed by atoms with Crippen LogP contribution in [0.4, 0.5) is 0 Å². The number of hydrogen-bond donors (Lipinski definition) is 2. The van der Waals surface area contributed by atoms with E-state index in [1.54, 1.807) is 7.05 Å². The molecule has 1 rings (SSSR count). The Balaban J connectivity index is 2.40. The summed E-state index contributed by atoms with van der Waals surface area (Å²) in [7, 11) is 6.07. The van der Waals surface area contributed by atoms with Crippen molar-refractivity contribution in [3.05, 3.63) is 0 Å². The highest BCUT2D eigenvalue weighted by molar-refractivity contribution is 5.79. The van der Waals surface area contributed by atoms with E-state index in [1.165, 1.54) is 0 Å². The fraction of sp³-hybridized carbons (Fsp3) is 0.929. The van der Waals surface area contributed by atoms with Crippen molar-refractivity contribution < 1.29 is 9.47 Å². The molecule has 0 bridgehead atoms. The quantitative estimate of drug-likeness (QED) is 0.400. The Hall–Kier alpha value is -0.850. The van der Waals surface area contributed by atoms with Gasteiger partial charge in [0, 0.05) is 45.5 Å². The Kier molecular flexibility index (Phi) is 7.87. The number of aliphatic imine (C=N–C) groups is 1. The summed E-state index contributed by atoms with van der Waals surface area (Å²) < 4.78 is 10.8.